The van der Waals surface area contributed by atoms with E-state index in [1.165, 1.54) is 39.4 Å². The number of methoxy groups -OCH3 is 1. The first-order valence-electron chi connectivity index (χ1n) is 7.83. The van der Waals surface area contributed by atoms with Gasteiger partial charge in [-0.25, -0.2) is 12.7 Å². The Morgan fingerprint density at radius 1 is 1.19 bits per heavy atom. The monoisotopic (exact) mass is 440 g/mol. The van der Waals surface area contributed by atoms with Gasteiger partial charge in [-0.2, -0.15) is 0 Å². The first kappa shape index (κ1) is 20.4. The number of nitrogens with zero attached hydrogens (tertiary/aromatic N) is 1. The lowest BCUT2D eigenvalue weighted by Gasteiger charge is -2.17. The molecule has 140 valence electrons. The van der Waals surface area contributed by atoms with E-state index >= 15 is 0 Å². The molecule has 2 aromatic carbocycles. The summed E-state index contributed by atoms with van der Waals surface area (Å²) in [6.45, 7) is 1.86. The molecular weight excluding hydrogens is 420 g/mol. The number of amides is 1. The topological polar surface area (TPSA) is 75.7 Å². The summed E-state index contributed by atoms with van der Waals surface area (Å²) in [6.07, 6.45) is 0. The van der Waals surface area contributed by atoms with E-state index < -0.39 is 10.0 Å². The van der Waals surface area contributed by atoms with Gasteiger partial charge >= 0.3 is 0 Å². The van der Waals surface area contributed by atoms with Crippen molar-refractivity contribution in [1.29, 1.82) is 0 Å². The van der Waals surface area contributed by atoms with Gasteiger partial charge in [0.05, 0.1) is 13.2 Å². The number of carbonyl (C=O) groups is 1. The van der Waals surface area contributed by atoms with Crippen LogP contribution in [0.1, 0.15) is 28.9 Å². The molecule has 0 aliphatic carbocycles. The second-order valence-corrected chi connectivity index (χ2v) is 8.94. The second kappa shape index (κ2) is 8.20. The molecule has 8 heteroatoms. The zero-order valence-electron chi connectivity index (χ0n) is 15.0. The minimum Gasteiger partial charge on any atom is -0.495 e. The highest BCUT2D eigenvalue weighted by Gasteiger charge is 2.24. The number of benzene rings is 2. The van der Waals surface area contributed by atoms with Crippen molar-refractivity contribution in [2.45, 2.75) is 17.9 Å². The maximum atomic E-state index is 12.6. The Hall–Kier alpha value is -1.90. The lowest BCUT2D eigenvalue weighted by Crippen LogP contribution is -2.27. The first-order chi connectivity index (χ1) is 12.2. The Balaban J connectivity index is 2.32. The van der Waals surface area contributed by atoms with Crippen LogP contribution in [-0.4, -0.2) is 39.8 Å². The molecule has 6 nitrogen and oxygen atoms in total. The van der Waals surface area contributed by atoms with Crippen LogP contribution in [0.25, 0.3) is 0 Å². The number of nitrogens with one attached hydrogen (secondary N) is 1. The van der Waals surface area contributed by atoms with Crippen LogP contribution >= 0.6 is 15.9 Å². The third kappa shape index (κ3) is 4.44. The van der Waals surface area contributed by atoms with E-state index in [4.69, 9.17) is 4.74 Å². The zero-order chi connectivity index (χ0) is 19.5. The standard InChI is InChI=1S/C18H21BrN2O4S/c1-12(13-6-5-7-15(19)10-13)20-18(22)14-8-9-16(25-4)17(11-14)26(23,24)21(2)3/h5-12H,1-4H3,(H,20,22)/t12-/m1/s1. The average molecular weight is 441 g/mol. The minimum absolute atomic E-state index is 0.0484. The largest absolute Gasteiger partial charge is 0.495 e. The van der Waals surface area contributed by atoms with Crippen molar-refractivity contribution in [2.75, 3.05) is 21.2 Å². The second-order valence-electron chi connectivity index (χ2n) is 5.90. The van der Waals surface area contributed by atoms with Crippen LogP contribution in [0.3, 0.4) is 0 Å². The van der Waals surface area contributed by atoms with E-state index in [-0.39, 0.29) is 28.2 Å². The molecule has 0 unspecified atom stereocenters. The summed E-state index contributed by atoms with van der Waals surface area (Å²) in [4.78, 5) is 12.5. The summed E-state index contributed by atoms with van der Waals surface area (Å²) >= 11 is 3.40. The third-order valence-corrected chi connectivity index (χ3v) is 6.21. The highest BCUT2D eigenvalue weighted by Crippen LogP contribution is 2.27. The molecule has 0 fully saturated rings. The van der Waals surface area contributed by atoms with Crippen LogP contribution in [0.4, 0.5) is 0 Å². The predicted octanol–water partition coefficient (Wildman–Crippen LogP) is 3.20. The number of hydrogen-bond acceptors (Lipinski definition) is 4. The Morgan fingerprint density at radius 3 is 2.46 bits per heavy atom. The number of halogens is 1. The van der Waals surface area contributed by atoms with Crippen molar-refractivity contribution in [2.24, 2.45) is 0 Å². The Labute approximate surface area is 162 Å². The molecule has 2 rings (SSSR count). The molecule has 1 amide bonds. The SMILES string of the molecule is COc1ccc(C(=O)N[C@H](C)c2cccc(Br)c2)cc1S(=O)(=O)N(C)C. The van der Waals surface area contributed by atoms with E-state index in [2.05, 4.69) is 21.2 Å². The van der Waals surface area contributed by atoms with Crippen molar-refractivity contribution in [3.05, 3.63) is 58.1 Å². The van der Waals surface area contributed by atoms with Crippen LogP contribution in [0.5, 0.6) is 5.75 Å². The van der Waals surface area contributed by atoms with Crippen molar-refractivity contribution >= 4 is 31.9 Å². The van der Waals surface area contributed by atoms with Gasteiger partial charge in [0.1, 0.15) is 10.6 Å². The molecule has 0 radical (unpaired) electrons. The Bertz CT molecular complexity index is 913. The average Bonchev–Trinajstić information content (AvgIpc) is 2.60. The van der Waals surface area contributed by atoms with Crippen LogP contribution in [0.15, 0.2) is 51.8 Å². The molecule has 26 heavy (non-hydrogen) atoms. The number of sulfonamides is 1. The third-order valence-electron chi connectivity index (χ3n) is 3.88. The van der Waals surface area contributed by atoms with Gasteiger partial charge in [-0.05, 0) is 42.8 Å². The number of hydrogen-bond donors (Lipinski definition) is 1. The van der Waals surface area contributed by atoms with Gasteiger partial charge in [0.25, 0.3) is 5.91 Å². The first-order valence-corrected chi connectivity index (χ1v) is 10.1. The smallest absolute Gasteiger partial charge is 0.251 e. The number of rotatable bonds is 6. The fourth-order valence-electron chi connectivity index (χ4n) is 2.36. The molecule has 0 aliphatic heterocycles. The van der Waals surface area contributed by atoms with Gasteiger partial charge in [-0.15, -0.1) is 0 Å². The molecule has 0 aromatic heterocycles. The van der Waals surface area contributed by atoms with E-state index in [0.29, 0.717) is 0 Å². The Kier molecular flexibility index (Phi) is 6.44. The summed E-state index contributed by atoms with van der Waals surface area (Å²) in [5, 5.41) is 2.88. The van der Waals surface area contributed by atoms with Crippen molar-refractivity contribution in [3.8, 4) is 5.75 Å². The fourth-order valence-corrected chi connectivity index (χ4v) is 3.85. The normalized spacial score (nSPS) is 12.7. The molecule has 0 aliphatic rings. The lowest BCUT2D eigenvalue weighted by molar-refractivity contribution is 0.0939. The molecule has 0 saturated carbocycles. The quantitative estimate of drug-likeness (QED) is 0.747. The van der Waals surface area contributed by atoms with E-state index in [1.54, 1.807) is 0 Å². The fraction of sp³-hybridized carbons (Fsp3) is 0.278. The summed E-state index contributed by atoms with van der Waals surface area (Å²) in [5.74, 6) is -0.175. The zero-order valence-corrected chi connectivity index (χ0v) is 17.4. The molecule has 0 bridgehead atoms. The van der Waals surface area contributed by atoms with Crippen molar-refractivity contribution in [1.82, 2.24) is 9.62 Å². The summed E-state index contributed by atoms with van der Waals surface area (Å²) in [7, 11) is 0.503. The lowest BCUT2D eigenvalue weighted by atomic mass is 10.1. The van der Waals surface area contributed by atoms with Crippen molar-refractivity contribution < 1.29 is 17.9 Å². The number of ether oxygens (including phenoxy) is 1. The van der Waals surface area contributed by atoms with Gasteiger partial charge in [-0.1, -0.05) is 28.1 Å². The van der Waals surface area contributed by atoms with Gasteiger partial charge in [-0.3, -0.25) is 4.79 Å². The molecular formula is C18H21BrN2O4S. The molecule has 1 N–H and O–H groups in total. The molecule has 1 atom stereocenters. The molecule has 0 spiro atoms. The summed E-state index contributed by atoms with van der Waals surface area (Å²) < 4.78 is 32.1. The van der Waals surface area contributed by atoms with Gasteiger partial charge in [0.15, 0.2) is 0 Å². The summed E-state index contributed by atoms with van der Waals surface area (Å²) in [5.41, 5.74) is 1.18. The van der Waals surface area contributed by atoms with Gasteiger partial charge in [0.2, 0.25) is 10.0 Å². The highest BCUT2D eigenvalue weighted by molar-refractivity contribution is 9.10. The van der Waals surface area contributed by atoms with E-state index in [1.807, 2.05) is 31.2 Å². The molecule has 0 heterocycles. The van der Waals surface area contributed by atoms with Gasteiger partial charge < -0.3 is 10.1 Å². The Morgan fingerprint density at radius 2 is 1.88 bits per heavy atom. The van der Waals surface area contributed by atoms with Crippen LogP contribution in [0.2, 0.25) is 0 Å². The summed E-state index contributed by atoms with van der Waals surface area (Å²) in [6, 6.07) is 11.7. The maximum absolute atomic E-state index is 12.6. The molecule has 0 saturated heterocycles. The highest BCUT2D eigenvalue weighted by atomic mass is 79.9. The van der Waals surface area contributed by atoms with Crippen LogP contribution in [-0.2, 0) is 10.0 Å². The van der Waals surface area contributed by atoms with E-state index in [0.717, 1.165) is 14.3 Å². The van der Waals surface area contributed by atoms with Crippen molar-refractivity contribution in [3.63, 3.8) is 0 Å². The van der Waals surface area contributed by atoms with Crippen LogP contribution < -0.4 is 10.1 Å². The predicted molar refractivity (Wildman–Crippen MR) is 104 cm³/mol. The molecule has 2 aromatic rings. The number of carbonyl (C=O) groups excluding carboxylic acids is 1. The maximum Gasteiger partial charge on any atom is 0.251 e. The minimum atomic E-state index is -3.74. The van der Waals surface area contributed by atoms with E-state index in [9.17, 15) is 13.2 Å². The van der Waals surface area contributed by atoms with Crippen LogP contribution in [0, 0.1) is 0 Å². The van der Waals surface area contributed by atoms with Gasteiger partial charge in [0, 0.05) is 24.1 Å².